The van der Waals surface area contributed by atoms with Crippen molar-refractivity contribution in [3.05, 3.63) is 88.2 Å². The number of thiophene rings is 1. The maximum atomic E-state index is 13.1. The largest absolute Gasteiger partial charge is 0.497 e. The summed E-state index contributed by atoms with van der Waals surface area (Å²) in [7, 11) is 3.19. The first-order chi connectivity index (χ1) is 19.9. The molecule has 0 spiro atoms. The van der Waals surface area contributed by atoms with Crippen LogP contribution in [0.25, 0.3) is 21.3 Å². The van der Waals surface area contributed by atoms with Crippen LogP contribution >= 0.6 is 23.1 Å². The maximum Gasteiger partial charge on any atom is 0.338 e. The van der Waals surface area contributed by atoms with Crippen molar-refractivity contribution in [2.24, 2.45) is 0 Å². The predicted octanol–water partition coefficient (Wildman–Crippen LogP) is 6.81. The number of thioether (sulfide) groups is 1. The summed E-state index contributed by atoms with van der Waals surface area (Å²) in [5, 5.41) is 12.1. The number of ether oxygens (including phenoxy) is 2. The first-order valence-corrected chi connectivity index (χ1v) is 15.0. The van der Waals surface area contributed by atoms with Crippen LogP contribution in [0.15, 0.2) is 66.1 Å². The number of benzene rings is 2. The van der Waals surface area contributed by atoms with Crippen LogP contribution in [0.2, 0.25) is 0 Å². The van der Waals surface area contributed by atoms with Crippen LogP contribution in [0.5, 0.6) is 11.5 Å². The molecule has 0 saturated heterocycles. The molecule has 2 N–H and O–H groups in total. The number of carbonyl (C=O) groups is 1. The minimum Gasteiger partial charge on any atom is -0.497 e. The van der Waals surface area contributed by atoms with Gasteiger partial charge in [-0.05, 0) is 42.2 Å². The van der Waals surface area contributed by atoms with Gasteiger partial charge in [0.05, 0.1) is 30.7 Å². The standard InChI is InChI=1S/C31H30N4O4S2/c1-18(40-31-32-10-11-33-31)28-27(30(36)37)25(20-13-21(38-2)15-22(14-20)39-3)26-23-9-12-35(16-19-7-5-4-6-8-19)17-24(23)41-29(26)34-28/h4-8,10-11,13-15,18H,9,12,16-17H2,1-3H3,(H,32,33)(H,36,37). The SMILES string of the molecule is COc1cc(OC)cc(-c2c(C(=O)O)c(C(C)Sc3ncc[nH]3)nc3sc4c(c23)CCN(Cc2ccccc2)C4)c1. The summed E-state index contributed by atoms with van der Waals surface area (Å²) in [6.45, 7) is 4.51. The van der Waals surface area contributed by atoms with Crippen molar-refractivity contribution >= 4 is 39.3 Å². The lowest BCUT2D eigenvalue weighted by Gasteiger charge is -2.27. The lowest BCUT2D eigenvalue weighted by molar-refractivity contribution is 0.0696. The van der Waals surface area contributed by atoms with Gasteiger partial charge < -0.3 is 19.6 Å². The second kappa shape index (κ2) is 11.6. The van der Waals surface area contributed by atoms with Gasteiger partial charge in [0.2, 0.25) is 0 Å². The predicted molar refractivity (Wildman–Crippen MR) is 162 cm³/mol. The van der Waals surface area contributed by atoms with Crippen molar-refractivity contribution in [1.82, 2.24) is 19.9 Å². The van der Waals surface area contributed by atoms with Crippen LogP contribution in [-0.4, -0.2) is 51.7 Å². The Hall–Kier alpha value is -3.86. The van der Waals surface area contributed by atoms with E-state index in [1.165, 1.54) is 27.8 Å². The van der Waals surface area contributed by atoms with Gasteiger partial charge in [-0.1, -0.05) is 42.1 Å². The minimum absolute atomic E-state index is 0.201. The van der Waals surface area contributed by atoms with E-state index in [0.717, 1.165) is 41.8 Å². The van der Waals surface area contributed by atoms with E-state index >= 15 is 0 Å². The molecule has 0 saturated carbocycles. The first kappa shape index (κ1) is 27.3. The molecule has 210 valence electrons. The molecule has 5 aromatic rings. The summed E-state index contributed by atoms with van der Waals surface area (Å²) in [6.07, 6.45) is 4.26. The number of rotatable bonds is 9. The average Bonchev–Trinajstić information content (AvgIpc) is 3.63. The highest BCUT2D eigenvalue weighted by atomic mass is 32.2. The van der Waals surface area contributed by atoms with Gasteiger partial charge in [-0.3, -0.25) is 4.90 Å². The molecule has 1 aliphatic heterocycles. The number of aromatic carboxylic acids is 1. The molecule has 1 atom stereocenters. The van der Waals surface area contributed by atoms with E-state index in [2.05, 4.69) is 39.1 Å². The van der Waals surface area contributed by atoms with E-state index in [9.17, 15) is 9.90 Å². The lowest BCUT2D eigenvalue weighted by Crippen LogP contribution is -2.29. The number of imidazole rings is 1. The Bertz CT molecular complexity index is 1680. The highest BCUT2D eigenvalue weighted by Gasteiger charge is 2.31. The molecule has 3 aromatic heterocycles. The zero-order chi connectivity index (χ0) is 28.5. The monoisotopic (exact) mass is 586 g/mol. The smallest absolute Gasteiger partial charge is 0.338 e. The van der Waals surface area contributed by atoms with Gasteiger partial charge in [0.25, 0.3) is 0 Å². The highest BCUT2D eigenvalue weighted by Crippen LogP contribution is 2.46. The number of hydrogen-bond donors (Lipinski definition) is 2. The number of pyridine rings is 1. The zero-order valence-corrected chi connectivity index (χ0v) is 24.6. The summed E-state index contributed by atoms with van der Waals surface area (Å²) in [6, 6.07) is 16.0. The normalized spacial score (nSPS) is 14.1. The van der Waals surface area contributed by atoms with Crippen LogP contribution in [0.1, 0.15) is 44.2 Å². The van der Waals surface area contributed by atoms with Crippen molar-refractivity contribution in [1.29, 1.82) is 0 Å². The van der Waals surface area contributed by atoms with Gasteiger partial charge in [0.15, 0.2) is 5.16 Å². The lowest BCUT2D eigenvalue weighted by atomic mass is 9.91. The van der Waals surface area contributed by atoms with Gasteiger partial charge in [0.1, 0.15) is 16.3 Å². The summed E-state index contributed by atoms with van der Waals surface area (Å²) >= 11 is 3.12. The van der Waals surface area contributed by atoms with Crippen LogP contribution in [0.4, 0.5) is 0 Å². The third-order valence-corrected chi connectivity index (χ3v) is 9.48. The summed E-state index contributed by atoms with van der Waals surface area (Å²) in [4.78, 5) is 30.1. The molecule has 4 heterocycles. The number of carboxylic acids is 1. The number of aromatic nitrogens is 3. The molecule has 6 rings (SSSR count). The Morgan fingerprint density at radius 2 is 1.93 bits per heavy atom. The zero-order valence-electron chi connectivity index (χ0n) is 23.0. The Balaban J connectivity index is 1.54. The number of aromatic amines is 1. The van der Waals surface area contributed by atoms with Crippen LogP contribution < -0.4 is 9.47 Å². The second-order valence-corrected chi connectivity index (χ2v) is 12.4. The Morgan fingerprint density at radius 3 is 2.59 bits per heavy atom. The number of methoxy groups -OCH3 is 2. The molecule has 1 unspecified atom stereocenters. The van der Waals surface area contributed by atoms with Crippen LogP contribution in [-0.2, 0) is 19.5 Å². The fourth-order valence-corrected chi connectivity index (χ4v) is 7.62. The summed E-state index contributed by atoms with van der Waals surface area (Å²) in [5.41, 5.74) is 4.57. The van der Waals surface area contributed by atoms with Crippen molar-refractivity contribution in [3.8, 4) is 22.6 Å². The van der Waals surface area contributed by atoms with E-state index in [1.807, 2.05) is 25.1 Å². The van der Waals surface area contributed by atoms with Gasteiger partial charge in [-0.25, -0.2) is 14.8 Å². The molecule has 1 aliphatic rings. The molecule has 10 heteroatoms. The van der Waals surface area contributed by atoms with E-state index in [4.69, 9.17) is 14.5 Å². The summed E-state index contributed by atoms with van der Waals surface area (Å²) < 4.78 is 11.2. The average molecular weight is 587 g/mol. The molecule has 8 nitrogen and oxygen atoms in total. The number of nitrogens with one attached hydrogen (secondary N) is 1. The molecule has 0 fully saturated rings. The number of nitrogens with zero attached hydrogens (tertiary/aromatic N) is 3. The Morgan fingerprint density at radius 1 is 1.17 bits per heavy atom. The molecular weight excluding hydrogens is 556 g/mol. The molecular formula is C31H30N4O4S2. The van der Waals surface area contributed by atoms with Crippen molar-refractivity contribution in [3.63, 3.8) is 0 Å². The molecule has 0 radical (unpaired) electrons. The molecule has 0 bridgehead atoms. The fourth-order valence-electron chi connectivity index (χ4n) is 5.46. The number of H-pyrrole nitrogens is 1. The highest BCUT2D eigenvalue weighted by molar-refractivity contribution is 7.99. The summed E-state index contributed by atoms with van der Waals surface area (Å²) in [5.74, 6) is 0.177. The third kappa shape index (κ3) is 5.42. The fraction of sp³-hybridized carbons (Fsp3) is 0.258. The van der Waals surface area contributed by atoms with Gasteiger partial charge >= 0.3 is 5.97 Å². The van der Waals surface area contributed by atoms with E-state index in [1.54, 1.807) is 44.0 Å². The molecule has 0 amide bonds. The van der Waals surface area contributed by atoms with Crippen molar-refractivity contribution < 1.29 is 19.4 Å². The molecule has 0 aliphatic carbocycles. The third-order valence-electron chi connectivity index (χ3n) is 7.35. The second-order valence-electron chi connectivity index (χ2n) is 9.94. The number of carboxylic acid groups (broad SMARTS) is 1. The van der Waals surface area contributed by atoms with Crippen molar-refractivity contribution in [2.75, 3.05) is 20.8 Å². The van der Waals surface area contributed by atoms with E-state index in [0.29, 0.717) is 27.9 Å². The molecule has 2 aromatic carbocycles. The topological polar surface area (TPSA) is 101 Å². The number of hydrogen-bond acceptors (Lipinski definition) is 8. The van der Waals surface area contributed by atoms with E-state index < -0.39 is 5.97 Å². The van der Waals surface area contributed by atoms with Crippen LogP contribution in [0, 0.1) is 0 Å². The molecule has 41 heavy (non-hydrogen) atoms. The first-order valence-electron chi connectivity index (χ1n) is 13.3. The maximum absolute atomic E-state index is 13.1. The quantitative estimate of drug-likeness (QED) is 0.182. The Kier molecular flexibility index (Phi) is 7.70. The van der Waals surface area contributed by atoms with Crippen molar-refractivity contribution in [2.45, 2.75) is 36.8 Å². The van der Waals surface area contributed by atoms with Gasteiger partial charge in [0, 0.05) is 53.9 Å². The minimum atomic E-state index is -1.01. The van der Waals surface area contributed by atoms with Gasteiger partial charge in [-0.2, -0.15) is 0 Å². The Labute approximate surface area is 246 Å². The van der Waals surface area contributed by atoms with E-state index in [-0.39, 0.29) is 10.8 Å². The van der Waals surface area contributed by atoms with Crippen LogP contribution in [0.3, 0.4) is 0 Å². The number of fused-ring (bicyclic) bond motifs is 3. The van der Waals surface area contributed by atoms with Gasteiger partial charge in [-0.15, -0.1) is 11.3 Å².